The van der Waals surface area contributed by atoms with Crippen molar-refractivity contribution < 1.29 is 13.2 Å². The van der Waals surface area contributed by atoms with E-state index in [2.05, 4.69) is 25.4 Å². The number of thiazole rings is 1. The van der Waals surface area contributed by atoms with E-state index in [0.29, 0.717) is 24.0 Å². The Bertz CT molecular complexity index is 1270. The number of fused-ring (bicyclic) bond motifs is 3. The molecule has 0 aliphatic carbocycles. The Morgan fingerprint density at radius 2 is 1.77 bits per heavy atom. The van der Waals surface area contributed by atoms with Gasteiger partial charge in [0.2, 0.25) is 11.6 Å². The molecule has 7 nitrogen and oxygen atoms in total. The second-order valence-electron chi connectivity index (χ2n) is 6.96. The molecule has 0 fully saturated rings. The summed E-state index contributed by atoms with van der Waals surface area (Å²) in [5, 5.41) is 16.6. The smallest absolute Gasteiger partial charge is 0.302 e. The fraction of sp³-hybridized carbons (Fsp3) is 0.278. The van der Waals surface area contributed by atoms with Crippen molar-refractivity contribution in [3.05, 3.63) is 40.0 Å². The third-order valence-corrected chi connectivity index (χ3v) is 6.36. The van der Waals surface area contributed by atoms with Gasteiger partial charge in [-0.15, -0.1) is 31.7 Å². The molecule has 4 aromatic rings. The normalized spacial score (nSPS) is 15.9. The van der Waals surface area contributed by atoms with E-state index in [1.165, 1.54) is 23.5 Å². The fourth-order valence-corrected chi connectivity index (χ4v) is 4.75. The quantitative estimate of drug-likeness (QED) is 0.434. The monoisotopic (exact) mass is 451 g/mol. The Kier molecular flexibility index (Phi) is 4.23. The number of benzene rings is 1. The van der Waals surface area contributed by atoms with Crippen LogP contribution in [-0.2, 0) is 12.7 Å². The maximum atomic E-state index is 13.3. The molecule has 0 N–H and O–H groups in total. The number of aryl methyl sites for hydroxylation is 1. The first-order valence-electron chi connectivity index (χ1n) is 8.92. The molecule has 154 valence electrons. The second-order valence-corrected chi connectivity index (χ2v) is 8.19. The molecule has 3 aromatic heterocycles. The third-order valence-electron chi connectivity index (χ3n) is 5.03. The van der Waals surface area contributed by atoms with Gasteiger partial charge < -0.3 is 4.57 Å². The SMILES string of the molecule is Cc1ncsc1-c1nnc2n1CC(C)n1c(-c3cccc(C(F)(F)F)c3Cl)nnc1-2. The van der Waals surface area contributed by atoms with E-state index < -0.39 is 16.8 Å². The average Bonchev–Trinajstić information content (AvgIpc) is 3.39. The molecular weight excluding hydrogens is 439 g/mol. The highest BCUT2D eigenvalue weighted by Crippen LogP contribution is 2.42. The highest BCUT2D eigenvalue weighted by atomic mass is 35.5. The predicted octanol–water partition coefficient (Wildman–Crippen LogP) is 4.88. The lowest BCUT2D eigenvalue weighted by atomic mass is 10.1. The van der Waals surface area contributed by atoms with Crippen molar-refractivity contribution in [2.24, 2.45) is 0 Å². The van der Waals surface area contributed by atoms with Gasteiger partial charge in [0.1, 0.15) is 0 Å². The van der Waals surface area contributed by atoms with Gasteiger partial charge in [-0.3, -0.25) is 4.57 Å². The molecule has 0 saturated carbocycles. The van der Waals surface area contributed by atoms with Crippen molar-refractivity contribution in [1.29, 1.82) is 0 Å². The zero-order valence-electron chi connectivity index (χ0n) is 15.6. The van der Waals surface area contributed by atoms with Crippen LogP contribution < -0.4 is 0 Å². The lowest BCUT2D eigenvalue weighted by Gasteiger charge is -2.25. The van der Waals surface area contributed by atoms with Gasteiger partial charge in [-0.05, 0) is 26.0 Å². The van der Waals surface area contributed by atoms with Crippen LogP contribution in [0.2, 0.25) is 5.02 Å². The van der Waals surface area contributed by atoms with Gasteiger partial charge >= 0.3 is 6.18 Å². The highest BCUT2D eigenvalue weighted by Gasteiger charge is 2.36. The van der Waals surface area contributed by atoms with Gasteiger partial charge in [0.15, 0.2) is 11.6 Å². The van der Waals surface area contributed by atoms with E-state index in [1.54, 1.807) is 10.1 Å². The molecule has 0 bridgehead atoms. The van der Waals surface area contributed by atoms with Crippen LogP contribution in [0.5, 0.6) is 0 Å². The summed E-state index contributed by atoms with van der Waals surface area (Å²) in [6.07, 6.45) is -4.56. The van der Waals surface area contributed by atoms with Crippen molar-refractivity contribution in [2.45, 2.75) is 32.6 Å². The zero-order valence-corrected chi connectivity index (χ0v) is 17.2. The molecule has 1 aromatic carbocycles. The topological polar surface area (TPSA) is 74.3 Å². The molecule has 5 rings (SSSR count). The third kappa shape index (κ3) is 2.76. The van der Waals surface area contributed by atoms with E-state index in [0.717, 1.165) is 16.6 Å². The number of rotatable bonds is 2. The zero-order chi connectivity index (χ0) is 21.2. The summed E-state index contributed by atoms with van der Waals surface area (Å²) < 4.78 is 43.6. The van der Waals surface area contributed by atoms with Gasteiger partial charge in [-0.1, -0.05) is 17.7 Å². The number of alkyl halides is 3. The summed E-state index contributed by atoms with van der Waals surface area (Å²) in [6, 6.07) is 3.61. The van der Waals surface area contributed by atoms with Gasteiger partial charge in [0.25, 0.3) is 0 Å². The molecule has 1 aliphatic rings. The van der Waals surface area contributed by atoms with Crippen LogP contribution in [0.1, 0.15) is 24.2 Å². The standard InChI is InChI=1S/C18H13ClF3N7S/c1-8-6-28-15(13-9(2)23-7-30-13)25-26-16(28)17-27-24-14(29(8)17)10-4-3-5-11(12(10)19)18(20,21)22/h3-5,7-8H,6H2,1-2H3. The van der Waals surface area contributed by atoms with Gasteiger partial charge in [0.05, 0.1) is 32.7 Å². The number of hydrogen-bond acceptors (Lipinski definition) is 6. The number of halogens is 4. The molecule has 12 heteroatoms. The summed E-state index contributed by atoms with van der Waals surface area (Å²) in [5.74, 6) is 1.87. The minimum absolute atomic E-state index is 0.161. The van der Waals surface area contributed by atoms with Crippen molar-refractivity contribution in [1.82, 2.24) is 34.5 Å². The van der Waals surface area contributed by atoms with E-state index in [4.69, 9.17) is 11.6 Å². The van der Waals surface area contributed by atoms with Crippen molar-refractivity contribution >= 4 is 22.9 Å². The number of hydrogen-bond donors (Lipinski definition) is 0. The Morgan fingerprint density at radius 3 is 2.47 bits per heavy atom. The Balaban J connectivity index is 1.67. The molecule has 0 spiro atoms. The number of nitrogens with zero attached hydrogens (tertiary/aromatic N) is 7. The largest absolute Gasteiger partial charge is 0.417 e. The molecule has 0 amide bonds. The molecule has 1 aliphatic heterocycles. The Morgan fingerprint density at radius 1 is 1.07 bits per heavy atom. The fourth-order valence-electron chi connectivity index (χ4n) is 3.64. The summed E-state index contributed by atoms with van der Waals surface area (Å²) in [4.78, 5) is 5.18. The summed E-state index contributed by atoms with van der Waals surface area (Å²) in [6.45, 7) is 4.34. The van der Waals surface area contributed by atoms with E-state index in [9.17, 15) is 13.2 Å². The first-order chi connectivity index (χ1) is 14.3. The van der Waals surface area contributed by atoms with Gasteiger partial charge in [-0.25, -0.2) is 4.98 Å². The first kappa shape index (κ1) is 19.2. The lowest BCUT2D eigenvalue weighted by Crippen LogP contribution is -2.22. The summed E-state index contributed by atoms with van der Waals surface area (Å²) >= 11 is 7.59. The minimum atomic E-state index is -4.56. The van der Waals surface area contributed by atoms with Crippen LogP contribution in [0.15, 0.2) is 23.7 Å². The van der Waals surface area contributed by atoms with Crippen LogP contribution in [-0.4, -0.2) is 34.5 Å². The molecule has 30 heavy (non-hydrogen) atoms. The van der Waals surface area contributed by atoms with Crippen molar-refractivity contribution in [3.8, 4) is 33.7 Å². The molecule has 0 saturated heterocycles. The van der Waals surface area contributed by atoms with Gasteiger partial charge in [0, 0.05) is 12.1 Å². The molecule has 1 atom stereocenters. The van der Waals surface area contributed by atoms with E-state index in [1.807, 2.05) is 18.4 Å². The Hall–Kier alpha value is -2.79. The Labute approximate surface area is 177 Å². The molecule has 1 unspecified atom stereocenters. The highest BCUT2D eigenvalue weighted by molar-refractivity contribution is 7.13. The maximum Gasteiger partial charge on any atom is 0.417 e. The maximum absolute atomic E-state index is 13.3. The van der Waals surface area contributed by atoms with Crippen LogP contribution in [0.4, 0.5) is 13.2 Å². The lowest BCUT2D eigenvalue weighted by molar-refractivity contribution is -0.137. The second kappa shape index (κ2) is 6.61. The number of aromatic nitrogens is 7. The molecular formula is C18H13ClF3N7S. The van der Waals surface area contributed by atoms with E-state index in [-0.39, 0.29) is 17.4 Å². The summed E-state index contributed by atoms with van der Waals surface area (Å²) in [5.41, 5.74) is 1.86. The molecule has 4 heterocycles. The van der Waals surface area contributed by atoms with Crippen LogP contribution >= 0.6 is 22.9 Å². The van der Waals surface area contributed by atoms with E-state index >= 15 is 0 Å². The van der Waals surface area contributed by atoms with Crippen LogP contribution in [0.3, 0.4) is 0 Å². The molecule has 0 radical (unpaired) electrons. The first-order valence-corrected chi connectivity index (χ1v) is 10.2. The van der Waals surface area contributed by atoms with Crippen LogP contribution in [0.25, 0.3) is 33.7 Å². The summed E-state index contributed by atoms with van der Waals surface area (Å²) in [7, 11) is 0. The minimum Gasteiger partial charge on any atom is -0.302 e. The predicted molar refractivity (Wildman–Crippen MR) is 105 cm³/mol. The average molecular weight is 452 g/mol. The van der Waals surface area contributed by atoms with Crippen molar-refractivity contribution in [2.75, 3.05) is 0 Å². The van der Waals surface area contributed by atoms with Gasteiger partial charge in [-0.2, -0.15) is 13.2 Å². The van der Waals surface area contributed by atoms with Crippen molar-refractivity contribution in [3.63, 3.8) is 0 Å². The van der Waals surface area contributed by atoms with Crippen LogP contribution in [0, 0.1) is 6.92 Å².